The Morgan fingerprint density at radius 2 is 2.06 bits per heavy atom. The molecule has 0 aliphatic carbocycles. The fourth-order valence-electron chi connectivity index (χ4n) is 1.02. The van der Waals surface area contributed by atoms with Gasteiger partial charge in [0.1, 0.15) is 5.75 Å². The van der Waals surface area contributed by atoms with Gasteiger partial charge in [0.25, 0.3) is 0 Å². The molecule has 1 rings (SSSR count). The zero-order valence-electron chi connectivity index (χ0n) is 9.26. The number of ether oxygens (including phenoxy) is 1. The molecule has 0 unspecified atom stereocenters. The van der Waals surface area contributed by atoms with Crippen LogP contribution >= 0.6 is 0 Å². The van der Waals surface area contributed by atoms with Gasteiger partial charge in [0.05, 0.1) is 6.10 Å². The number of carbonyl (C=O) groups excluding carboxylic acids is 1. The Balaban J connectivity index is 2.66. The van der Waals surface area contributed by atoms with E-state index in [1.165, 1.54) is 18.2 Å². The van der Waals surface area contributed by atoms with Crippen molar-refractivity contribution in [3.63, 3.8) is 0 Å². The molecule has 1 N–H and O–H groups in total. The standard InChI is InChI=1S/C11H11F3NO2/c1-7(2)17-9-5-3-8(4-6-9)15-10(16)11(12,13)14/h3-5,7H,1-2H3,(H,15,16). The lowest BCUT2D eigenvalue weighted by Crippen LogP contribution is -2.29. The lowest BCUT2D eigenvalue weighted by atomic mass is 10.3. The van der Waals surface area contributed by atoms with Crippen LogP contribution in [0, 0.1) is 6.07 Å². The highest BCUT2D eigenvalue weighted by molar-refractivity contribution is 5.94. The van der Waals surface area contributed by atoms with Gasteiger partial charge in [0.15, 0.2) is 0 Å². The lowest BCUT2D eigenvalue weighted by molar-refractivity contribution is -0.167. The highest BCUT2D eigenvalue weighted by atomic mass is 19.4. The molecule has 0 aliphatic rings. The summed E-state index contributed by atoms with van der Waals surface area (Å²) in [5.41, 5.74) is 0.0171. The van der Waals surface area contributed by atoms with E-state index in [0.29, 0.717) is 5.75 Å². The third-order valence-electron chi connectivity index (χ3n) is 1.66. The molecule has 0 aliphatic heterocycles. The van der Waals surface area contributed by atoms with Crippen LogP contribution in [0.4, 0.5) is 18.9 Å². The van der Waals surface area contributed by atoms with E-state index in [4.69, 9.17) is 4.74 Å². The fourth-order valence-corrected chi connectivity index (χ4v) is 1.02. The van der Waals surface area contributed by atoms with E-state index < -0.39 is 12.1 Å². The summed E-state index contributed by atoms with van der Waals surface area (Å²) >= 11 is 0. The van der Waals surface area contributed by atoms with Gasteiger partial charge in [0, 0.05) is 11.8 Å². The number of carbonyl (C=O) groups is 1. The second-order valence-electron chi connectivity index (χ2n) is 3.56. The summed E-state index contributed by atoms with van der Waals surface area (Å²) in [7, 11) is 0. The smallest absolute Gasteiger partial charge is 0.471 e. The molecular formula is C11H11F3NO2. The van der Waals surface area contributed by atoms with Crippen molar-refractivity contribution in [2.45, 2.75) is 26.1 Å². The molecule has 17 heavy (non-hydrogen) atoms. The van der Waals surface area contributed by atoms with Crippen molar-refractivity contribution < 1.29 is 22.7 Å². The molecule has 6 heteroatoms. The Kier molecular flexibility index (Phi) is 3.98. The number of rotatable bonds is 3. The summed E-state index contributed by atoms with van der Waals surface area (Å²) in [5, 5.41) is 1.71. The van der Waals surface area contributed by atoms with Gasteiger partial charge in [-0.1, -0.05) is 0 Å². The highest BCUT2D eigenvalue weighted by Crippen LogP contribution is 2.20. The first-order chi connectivity index (χ1) is 7.79. The van der Waals surface area contributed by atoms with E-state index >= 15 is 0 Å². The van der Waals surface area contributed by atoms with Gasteiger partial charge in [-0.15, -0.1) is 0 Å². The Morgan fingerprint density at radius 3 is 2.47 bits per heavy atom. The molecule has 1 aromatic carbocycles. The normalized spacial score (nSPS) is 11.4. The maximum atomic E-state index is 11.9. The van der Waals surface area contributed by atoms with Crippen LogP contribution in [-0.2, 0) is 4.79 Å². The van der Waals surface area contributed by atoms with Crippen LogP contribution in [0.5, 0.6) is 5.75 Å². The summed E-state index contributed by atoms with van der Waals surface area (Å²) in [6.45, 7) is 3.63. The summed E-state index contributed by atoms with van der Waals surface area (Å²) in [5.74, 6) is -1.60. The largest absolute Gasteiger partial charge is 0.490 e. The Hall–Kier alpha value is -1.72. The lowest BCUT2D eigenvalue weighted by Gasteiger charge is -2.11. The number of hydrogen-bond donors (Lipinski definition) is 1. The van der Waals surface area contributed by atoms with Crippen molar-refractivity contribution >= 4 is 11.6 Å². The van der Waals surface area contributed by atoms with Gasteiger partial charge in [-0.05, 0) is 32.0 Å². The van der Waals surface area contributed by atoms with Crippen molar-refractivity contribution in [2.75, 3.05) is 5.32 Å². The first kappa shape index (κ1) is 13.3. The third kappa shape index (κ3) is 4.34. The molecule has 0 bridgehead atoms. The zero-order valence-corrected chi connectivity index (χ0v) is 9.26. The van der Waals surface area contributed by atoms with Gasteiger partial charge in [-0.3, -0.25) is 4.79 Å². The number of anilines is 1. The molecular weight excluding hydrogens is 235 g/mol. The van der Waals surface area contributed by atoms with Crippen molar-refractivity contribution in [3.05, 3.63) is 24.3 Å². The van der Waals surface area contributed by atoms with Crippen LogP contribution in [-0.4, -0.2) is 18.2 Å². The molecule has 1 radical (unpaired) electrons. The molecule has 0 saturated heterocycles. The predicted octanol–water partition coefficient (Wildman–Crippen LogP) is 2.77. The first-order valence-electron chi connectivity index (χ1n) is 4.85. The van der Waals surface area contributed by atoms with Crippen molar-refractivity contribution in [1.82, 2.24) is 0 Å². The number of hydrogen-bond acceptors (Lipinski definition) is 2. The van der Waals surface area contributed by atoms with Crippen LogP contribution in [0.25, 0.3) is 0 Å². The van der Waals surface area contributed by atoms with Gasteiger partial charge in [0.2, 0.25) is 0 Å². The average Bonchev–Trinajstić information content (AvgIpc) is 2.18. The Labute approximate surface area is 96.6 Å². The van der Waals surface area contributed by atoms with Gasteiger partial charge < -0.3 is 10.1 Å². The molecule has 0 spiro atoms. The quantitative estimate of drug-likeness (QED) is 0.890. The molecule has 0 atom stereocenters. The summed E-state index contributed by atoms with van der Waals surface area (Å²) in [6, 6.07) is 6.60. The molecule has 0 fully saturated rings. The van der Waals surface area contributed by atoms with E-state index in [9.17, 15) is 18.0 Å². The summed E-state index contributed by atoms with van der Waals surface area (Å²) in [6.07, 6.45) is -4.95. The Morgan fingerprint density at radius 1 is 1.41 bits per heavy atom. The van der Waals surface area contributed by atoms with E-state index in [0.717, 1.165) is 0 Å². The molecule has 0 saturated carbocycles. The zero-order chi connectivity index (χ0) is 13.1. The van der Waals surface area contributed by atoms with Gasteiger partial charge in [-0.2, -0.15) is 13.2 Å². The minimum Gasteiger partial charge on any atom is -0.490 e. The molecule has 0 aromatic heterocycles. The molecule has 3 nitrogen and oxygen atoms in total. The van der Waals surface area contributed by atoms with Crippen LogP contribution < -0.4 is 10.1 Å². The number of benzene rings is 1. The Bertz CT molecular complexity index is 385. The monoisotopic (exact) mass is 246 g/mol. The first-order valence-corrected chi connectivity index (χ1v) is 4.85. The highest BCUT2D eigenvalue weighted by Gasteiger charge is 2.38. The van der Waals surface area contributed by atoms with E-state index in [1.54, 1.807) is 5.32 Å². The summed E-state index contributed by atoms with van der Waals surface area (Å²) < 4.78 is 41.1. The van der Waals surface area contributed by atoms with Crippen LogP contribution in [0.1, 0.15) is 13.8 Å². The maximum Gasteiger partial charge on any atom is 0.471 e. The number of alkyl halides is 3. The number of amides is 1. The number of nitrogens with one attached hydrogen (secondary N) is 1. The fraction of sp³-hybridized carbons (Fsp3) is 0.364. The van der Waals surface area contributed by atoms with Crippen molar-refractivity contribution in [2.24, 2.45) is 0 Å². The average molecular weight is 246 g/mol. The molecule has 1 amide bonds. The van der Waals surface area contributed by atoms with E-state index in [1.807, 2.05) is 13.8 Å². The molecule has 1 aromatic rings. The predicted molar refractivity (Wildman–Crippen MR) is 55.7 cm³/mol. The molecule has 93 valence electrons. The second kappa shape index (κ2) is 5.07. The van der Waals surface area contributed by atoms with Crippen LogP contribution in [0.15, 0.2) is 18.2 Å². The minimum absolute atomic E-state index is 0.0171. The minimum atomic E-state index is -4.90. The van der Waals surface area contributed by atoms with Crippen LogP contribution in [0.2, 0.25) is 0 Å². The molecule has 0 heterocycles. The van der Waals surface area contributed by atoms with Crippen molar-refractivity contribution in [3.8, 4) is 5.75 Å². The van der Waals surface area contributed by atoms with Gasteiger partial charge in [-0.25, -0.2) is 0 Å². The van der Waals surface area contributed by atoms with E-state index in [2.05, 4.69) is 6.07 Å². The summed E-state index contributed by atoms with van der Waals surface area (Å²) in [4.78, 5) is 10.6. The van der Waals surface area contributed by atoms with Gasteiger partial charge >= 0.3 is 12.1 Å². The van der Waals surface area contributed by atoms with Crippen molar-refractivity contribution in [1.29, 1.82) is 0 Å². The number of halogens is 3. The second-order valence-corrected chi connectivity index (χ2v) is 3.56. The van der Waals surface area contributed by atoms with E-state index in [-0.39, 0.29) is 11.8 Å². The SMILES string of the molecule is CC(C)Oc1[c]cc(NC(=O)C(F)(F)F)cc1. The maximum absolute atomic E-state index is 11.9. The van der Waals surface area contributed by atoms with Crippen LogP contribution in [0.3, 0.4) is 0 Å². The third-order valence-corrected chi connectivity index (χ3v) is 1.66. The topological polar surface area (TPSA) is 38.3 Å².